The molecule has 0 amide bonds. The minimum absolute atomic E-state index is 0. The van der Waals surface area contributed by atoms with Gasteiger partial charge in [-0.2, -0.15) is 12.1 Å². The summed E-state index contributed by atoms with van der Waals surface area (Å²) in [6, 6.07) is 74.7. The van der Waals surface area contributed by atoms with Crippen molar-refractivity contribution in [1.29, 1.82) is 0 Å². The molecule has 6 nitrogen and oxygen atoms in total. The van der Waals surface area contributed by atoms with Crippen LogP contribution in [0.15, 0.2) is 205 Å². The first-order valence-electron chi connectivity index (χ1n) is 28.3. The minimum Gasteiger partial charge on any atom is -0.509 e. The van der Waals surface area contributed by atoms with E-state index in [0.717, 1.165) is 94.4 Å². The van der Waals surface area contributed by atoms with Crippen LogP contribution in [0.3, 0.4) is 0 Å². The Bertz CT molecular complexity index is 4330. The van der Waals surface area contributed by atoms with Gasteiger partial charge in [0.2, 0.25) is 0 Å². The van der Waals surface area contributed by atoms with Gasteiger partial charge in [-0.3, -0.25) is 0 Å². The summed E-state index contributed by atoms with van der Waals surface area (Å²) in [6.07, 6.45) is 0.0704. The van der Waals surface area contributed by atoms with Gasteiger partial charge in [-0.05, 0) is 110 Å². The largest absolute Gasteiger partial charge is 0.509 e. The van der Waals surface area contributed by atoms with Crippen LogP contribution >= 0.6 is 0 Å². The van der Waals surface area contributed by atoms with Crippen LogP contribution in [0.2, 0.25) is 0 Å². The first-order chi connectivity index (χ1) is 38.8. The number of anilines is 4. The number of hydrogen-bond donors (Lipinski definition) is 0. The second-order valence-corrected chi connectivity index (χ2v) is 23.9. The Labute approximate surface area is 487 Å². The summed E-state index contributed by atoms with van der Waals surface area (Å²) < 4.78 is 35.2. The molecule has 0 bridgehead atoms. The van der Waals surface area contributed by atoms with Gasteiger partial charge in [-0.1, -0.05) is 188 Å². The summed E-state index contributed by atoms with van der Waals surface area (Å²) in [5, 5.41) is 3.84. The molecule has 4 heterocycles. The molecule has 0 saturated carbocycles. The Morgan fingerprint density at radius 3 is 1.81 bits per heavy atom. The van der Waals surface area contributed by atoms with E-state index in [4.69, 9.17) is 14.1 Å². The van der Waals surface area contributed by atoms with Crippen molar-refractivity contribution in [2.24, 2.45) is 5.41 Å². The molecule has 7 heteroatoms. The Morgan fingerprint density at radius 2 is 1.15 bits per heavy atom. The van der Waals surface area contributed by atoms with Crippen LogP contribution in [-0.2, 0) is 38.3 Å². The van der Waals surface area contributed by atoms with Gasteiger partial charge in [0.15, 0.2) is 0 Å². The molecule has 12 aromatic rings. The zero-order valence-corrected chi connectivity index (χ0v) is 48.8. The van der Waals surface area contributed by atoms with E-state index in [9.17, 15) is 2.74 Å². The fraction of sp³-hybridized carbons (Fsp3) is 0.178. The van der Waals surface area contributed by atoms with E-state index in [1.807, 2.05) is 69.4 Å². The topological polar surface area (TPSA) is 46.7 Å². The summed E-state index contributed by atoms with van der Waals surface area (Å²) in [6.45, 7) is 21.5. The van der Waals surface area contributed by atoms with Crippen LogP contribution in [-0.4, -0.2) is 9.55 Å². The molecular weight excluding hydrogens is 1160 g/mol. The van der Waals surface area contributed by atoms with Crippen molar-refractivity contribution in [2.75, 3.05) is 9.80 Å². The molecule has 0 aliphatic carbocycles. The van der Waals surface area contributed by atoms with Crippen molar-refractivity contribution in [1.82, 2.24) is 9.55 Å². The summed E-state index contributed by atoms with van der Waals surface area (Å²) in [4.78, 5) is 9.73. The summed E-state index contributed by atoms with van der Waals surface area (Å²) in [5.41, 5.74) is 15.4. The number of aromatic nitrogens is 2. The monoisotopic (exact) mass is 1220 g/mol. The molecule has 0 spiro atoms. The molecule has 13 rings (SSSR count). The quantitative estimate of drug-likeness (QED) is 0.135. The first kappa shape index (κ1) is 50.1. The van der Waals surface area contributed by atoms with Gasteiger partial charge in [-0.25, -0.2) is 4.98 Å². The van der Waals surface area contributed by atoms with Crippen molar-refractivity contribution in [3.8, 4) is 50.7 Å². The van der Waals surface area contributed by atoms with Gasteiger partial charge in [0.05, 0.1) is 0 Å². The number of furan rings is 1. The maximum atomic E-state index is 9.79. The van der Waals surface area contributed by atoms with E-state index in [2.05, 4.69) is 226 Å². The van der Waals surface area contributed by atoms with Gasteiger partial charge in [0.1, 0.15) is 17.0 Å². The molecule has 0 atom stereocenters. The van der Waals surface area contributed by atoms with Gasteiger partial charge < -0.3 is 23.5 Å². The minimum atomic E-state index is -1.76. The summed E-state index contributed by atoms with van der Waals surface area (Å²) in [7, 11) is 0. The molecule has 400 valence electrons. The molecule has 0 unspecified atom stereocenters. The fourth-order valence-electron chi connectivity index (χ4n) is 11.2. The number of ether oxygens (including phenoxy) is 1. The number of hydrogen-bond acceptors (Lipinski definition) is 5. The van der Waals surface area contributed by atoms with Crippen LogP contribution in [0.4, 0.5) is 22.7 Å². The fourth-order valence-corrected chi connectivity index (χ4v) is 11.2. The van der Waals surface area contributed by atoms with Crippen molar-refractivity contribution >= 4 is 66.5 Å². The number of para-hydroxylation sites is 3. The van der Waals surface area contributed by atoms with Crippen molar-refractivity contribution in [3.63, 3.8) is 0 Å². The second kappa shape index (κ2) is 20.2. The normalized spacial score (nSPS) is 13.5. The number of fused-ring (bicyclic) bond motifs is 8. The third kappa shape index (κ3) is 9.58. The Hall–Kier alpha value is -8.18. The number of pyridine rings is 1. The van der Waals surface area contributed by atoms with Crippen LogP contribution < -0.4 is 14.5 Å². The smallest absolute Gasteiger partial charge is 0.135 e. The molecule has 0 radical (unpaired) electrons. The van der Waals surface area contributed by atoms with Crippen LogP contribution in [0.25, 0.3) is 82.9 Å². The molecule has 0 fully saturated rings. The maximum absolute atomic E-state index is 9.79. The average molecular weight is 1230 g/mol. The number of nitrogens with zero attached hydrogens (tertiary/aromatic N) is 4. The van der Waals surface area contributed by atoms with Crippen molar-refractivity contribution in [3.05, 3.63) is 236 Å². The second-order valence-electron chi connectivity index (χ2n) is 23.9. The molecule has 1 aliphatic heterocycles. The summed E-state index contributed by atoms with van der Waals surface area (Å²) >= 11 is 0. The van der Waals surface area contributed by atoms with Gasteiger partial charge in [-0.15, -0.1) is 42.7 Å². The van der Waals surface area contributed by atoms with Crippen molar-refractivity contribution in [2.45, 2.75) is 79.5 Å². The van der Waals surface area contributed by atoms with Gasteiger partial charge in [0.25, 0.3) is 0 Å². The van der Waals surface area contributed by atoms with Crippen molar-refractivity contribution < 1.29 is 33.0 Å². The van der Waals surface area contributed by atoms with Gasteiger partial charge in [0, 0.05) is 91.5 Å². The predicted molar refractivity (Wildman–Crippen MR) is 328 cm³/mol. The molecule has 0 N–H and O–H groups in total. The SMILES string of the molecule is [2H]C([2H])(c1cc(-n2c3[c-]c(Oc4[c-]c(N5[CH-]N(c6c(-c7ccccc7)cc(C(C)(C)C)cc6-c6ccccc6)c6ccccc65)ccc4)ccc3c3c4oc5ccccc5c4ccc32)ncc1-c1ccc(C(C)(C)C)cc1)C(C)(C)C.[Pt]. The molecule has 0 saturated heterocycles. The zero-order chi connectivity index (χ0) is 56.2. The predicted octanol–water partition coefficient (Wildman–Crippen LogP) is 20.1. The number of rotatable bonds is 9. The van der Waals surface area contributed by atoms with E-state index in [-0.39, 0.29) is 31.9 Å². The molecular formula is C73H63N4O2Pt-3. The Balaban J connectivity index is 0.00000665. The Morgan fingerprint density at radius 1 is 0.550 bits per heavy atom. The van der Waals surface area contributed by atoms with E-state index in [1.165, 1.54) is 11.1 Å². The number of benzene rings is 9. The molecule has 9 aromatic carbocycles. The Kier molecular flexibility index (Phi) is 12.6. The molecule has 1 aliphatic rings. The molecule has 3 aromatic heterocycles. The average Bonchev–Trinajstić information content (AvgIpc) is 2.20. The van der Waals surface area contributed by atoms with Gasteiger partial charge >= 0.3 is 0 Å². The first-order valence-corrected chi connectivity index (χ1v) is 27.3. The van der Waals surface area contributed by atoms with E-state index < -0.39 is 11.8 Å². The van der Waals surface area contributed by atoms with E-state index in [0.29, 0.717) is 28.4 Å². The van der Waals surface area contributed by atoms with Crippen LogP contribution in [0, 0.1) is 24.2 Å². The van der Waals surface area contributed by atoms with E-state index in [1.54, 1.807) is 0 Å². The molecule has 80 heavy (non-hydrogen) atoms. The zero-order valence-electron chi connectivity index (χ0n) is 48.6. The maximum Gasteiger partial charge on any atom is 0.135 e. The third-order valence-electron chi connectivity index (χ3n) is 15.1. The van der Waals surface area contributed by atoms with Crippen LogP contribution in [0.1, 0.15) is 81.7 Å². The van der Waals surface area contributed by atoms with Crippen LogP contribution in [0.5, 0.6) is 11.5 Å². The third-order valence-corrected chi connectivity index (χ3v) is 15.1. The standard InChI is InChI=1S/C73H63N4O2.Pt/c1-71(2,3)44-50-39-67(74-45-61(50)49-31-33-51(34-32-49)72(4,5)6)77-64-38-37-57-56-27-16-19-30-66(56)79-70(57)68(64)58-36-35-55(43-65(58)77)78-54-26-20-25-53(42-54)75-46-76(63-29-18-17-28-62(63)75)69-59(47-21-12-10-13-22-47)40-52(73(7,8)9)41-60(69)48-23-14-11-15-24-48;/h10-41,45-46H,44H2,1-9H3;/q-3;/i44D2;. The summed E-state index contributed by atoms with van der Waals surface area (Å²) in [5.74, 6) is 1.55. The van der Waals surface area contributed by atoms with E-state index >= 15 is 0 Å².